The molecule has 0 saturated heterocycles. The highest BCUT2D eigenvalue weighted by Gasteiger charge is 2.24. The molecular formula is C13H21N. The fourth-order valence-corrected chi connectivity index (χ4v) is 2.22. The fourth-order valence-electron chi connectivity index (χ4n) is 2.22. The standard InChI is InChI=1S/C13H21N/c1-5-8-12-10(4)9-14-13(7-3)11(12)6-2/h6-7,10,12,14H,2-3,5,8-9H2,1,4H3. The van der Waals surface area contributed by atoms with Gasteiger partial charge in [-0.05, 0) is 29.9 Å². The Morgan fingerprint density at radius 3 is 2.64 bits per heavy atom. The van der Waals surface area contributed by atoms with Crippen LogP contribution in [0.2, 0.25) is 0 Å². The molecule has 0 aliphatic carbocycles. The summed E-state index contributed by atoms with van der Waals surface area (Å²) in [6.45, 7) is 13.3. The predicted molar refractivity (Wildman–Crippen MR) is 63.0 cm³/mol. The van der Waals surface area contributed by atoms with Crippen molar-refractivity contribution in [1.29, 1.82) is 0 Å². The first-order valence-electron chi connectivity index (χ1n) is 5.47. The minimum atomic E-state index is 0.659. The highest BCUT2D eigenvalue weighted by Crippen LogP contribution is 2.31. The number of hydrogen-bond acceptors (Lipinski definition) is 1. The summed E-state index contributed by atoms with van der Waals surface area (Å²) >= 11 is 0. The lowest BCUT2D eigenvalue weighted by atomic mass is 9.80. The van der Waals surface area contributed by atoms with Crippen LogP contribution in [0.5, 0.6) is 0 Å². The van der Waals surface area contributed by atoms with Gasteiger partial charge in [-0.2, -0.15) is 0 Å². The average Bonchev–Trinajstić information content (AvgIpc) is 2.21. The van der Waals surface area contributed by atoms with Gasteiger partial charge in [0.25, 0.3) is 0 Å². The van der Waals surface area contributed by atoms with Crippen LogP contribution in [0, 0.1) is 11.8 Å². The van der Waals surface area contributed by atoms with E-state index in [9.17, 15) is 0 Å². The van der Waals surface area contributed by atoms with E-state index in [0.29, 0.717) is 11.8 Å². The van der Waals surface area contributed by atoms with E-state index in [1.807, 2.05) is 12.2 Å². The lowest BCUT2D eigenvalue weighted by Crippen LogP contribution is -2.33. The third-order valence-corrected chi connectivity index (χ3v) is 3.04. The molecule has 1 aliphatic heterocycles. The second kappa shape index (κ2) is 5.04. The fraction of sp³-hybridized carbons (Fsp3) is 0.538. The van der Waals surface area contributed by atoms with Crippen molar-refractivity contribution >= 4 is 0 Å². The Balaban J connectivity index is 2.95. The van der Waals surface area contributed by atoms with Crippen LogP contribution in [0.3, 0.4) is 0 Å². The van der Waals surface area contributed by atoms with E-state index in [1.54, 1.807) is 0 Å². The number of hydrogen-bond donors (Lipinski definition) is 1. The third kappa shape index (κ3) is 2.09. The number of rotatable bonds is 4. The summed E-state index contributed by atoms with van der Waals surface area (Å²) in [5.41, 5.74) is 2.53. The molecule has 0 spiro atoms. The van der Waals surface area contributed by atoms with Crippen molar-refractivity contribution < 1.29 is 0 Å². The maximum absolute atomic E-state index is 3.90. The van der Waals surface area contributed by atoms with Gasteiger partial charge in [-0.15, -0.1) is 0 Å². The van der Waals surface area contributed by atoms with Crippen molar-refractivity contribution in [3.05, 3.63) is 36.6 Å². The lowest BCUT2D eigenvalue weighted by Gasteiger charge is -2.32. The van der Waals surface area contributed by atoms with Crippen LogP contribution in [0.4, 0.5) is 0 Å². The van der Waals surface area contributed by atoms with Crippen LogP contribution < -0.4 is 5.32 Å². The first-order valence-corrected chi connectivity index (χ1v) is 5.47. The molecular weight excluding hydrogens is 170 g/mol. The molecule has 0 saturated carbocycles. The van der Waals surface area contributed by atoms with E-state index < -0.39 is 0 Å². The molecule has 0 aromatic carbocycles. The average molecular weight is 191 g/mol. The van der Waals surface area contributed by atoms with Crippen molar-refractivity contribution in [2.24, 2.45) is 11.8 Å². The maximum Gasteiger partial charge on any atom is 0.0369 e. The summed E-state index contributed by atoms with van der Waals surface area (Å²) in [6, 6.07) is 0. The topological polar surface area (TPSA) is 12.0 Å². The van der Waals surface area contributed by atoms with E-state index >= 15 is 0 Å². The Morgan fingerprint density at radius 1 is 1.43 bits per heavy atom. The van der Waals surface area contributed by atoms with Gasteiger partial charge in [-0.1, -0.05) is 39.5 Å². The van der Waals surface area contributed by atoms with Crippen LogP contribution in [0.1, 0.15) is 26.7 Å². The van der Waals surface area contributed by atoms with Gasteiger partial charge in [0.15, 0.2) is 0 Å². The summed E-state index contributed by atoms with van der Waals surface area (Å²) in [4.78, 5) is 0. The van der Waals surface area contributed by atoms with Crippen molar-refractivity contribution in [2.45, 2.75) is 26.7 Å². The number of allylic oxidation sites excluding steroid dienone is 3. The second-order valence-corrected chi connectivity index (χ2v) is 4.03. The molecule has 0 amide bonds. The molecule has 1 heteroatoms. The van der Waals surface area contributed by atoms with Crippen LogP contribution >= 0.6 is 0 Å². The molecule has 1 rings (SSSR count). The minimum absolute atomic E-state index is 0.659. The molecule has 0 aromatic rings. The number of nitrogens with one attached hydrogen (secondary N) is 1. The normalized spacial score (nSPS) is 27.0. The van der Waals surface area contributed by atoms with E-state index in [4.69, 9.17) is 0 Å². The Kier molecular flexibility index (Phi) is 3.99. The van der Waals surface area contributed by atoms with Crippen molar-refractivity contribution in [1.82, 2.24) is 5.32 Å². The molecule has 0 bridgehead atoms. The van der Waals surface area contributed by atoms with Gasteiger partial charge in [0.05, 0.1) is 0 Å². The van der Waals surface area contributed by atoms with Gasteiger partial charge < -0.3 is 5.32 Å². The molecule has 2 atom stereocenters. The summed E-state index contributed by atoms with van der Waals surface area (Å²) in [5, 5.41) is 3.40. The van der Waals surface area contributed by atoms with Crippen molar-refractivity contribution in [3.63, 3.8) is 0 Å². The molecule has 0 radical (unpaired) electrons. The Morgan fingerprint density at radius 2 is 2.14 bits per heavy atom. The summed E-state index contributed by atoms with van der Waals surface area (Å²) < 4.78 is 0. The van der Waals surface area contributed by atoms with Crippen molar-refractivity contribution in [3.8, 4) is 0 Å². The van der Waals surface area contributed by atoms with Crippen molar-refractivity contribution in [2.75, 3.05) is 6.54 Å². The molecule has 1 N–H and O–H groups in total. The summed E-state index contributed by atoms with van der Waals surface area (Å²) in [7, 11) is 0. The Bertz CT molecular complexity index is 250. The third-order valence-electron chi connectivity index (χ3n) is 3.04. The molecule has 1 aliphatic rings. The van der Waals surface area contributed by atoms with Crippen LogP contribution in [0.15, 0.2) is 36.6 Å². The lowest BCUT2D eigenvalue weighted by molar-refractivity contribution is 0.355. The molecule has 14 heavy (non-hydrogen) atoms. The first-order chi connectivity index (χ1) is 6.74. The molecule has 0 fully saturated rings. The monoisotopic (exact) mass is 191 g/mol. The SMILES string of the molecule is C=CC1=C(C=C)C(CCC)C(C)CN1. The van der Waals surface area contributed by atoms with Crippen LogP contribution in [0.25, 0.3) is 0 Å². The van der Waals surface area contributed by atoms with E-state index in [0.717, 1.165) is 6.54 Å². The Hall–Kier alpha value is -0.980. The zero-order chi connectivity index (χ0) is 10.6. The van der Waals surface area contributed by atoms with E-state index in [1.165, 1.54) is 24.1 Å². The molecule has 2 unspecified atom stereocenters. The summed E-state index contributed by atoms with van der Waals surface area (Å²) in [6.07, 6.45) is 6.38. The van der Waals surface area contributed by atoms with Crippen LogP contribution in [-0.2, 0) is 0 Å². The van der Waals surface area contributed by atoms with Gasteiger partial charge in [0.2, 0.25) is 0 Å². The summed E-state index contributed by atoms with van der Waals surface area (Å²) in [5.74, 6) is 1.36. The zero-order valence-corrected chi connectivity index (χ0v) is 9.34. The van der Waals surface area contributed by atoms with Gasteiger partial charge in [-0.25, -0.2) is 0 Å². The smallest absolute Gasteiger partial charge is 0.0369 e. The predicted octanol–water partition coefficient (Wildman–Crippen LogP) is 3.27. The second-order valence-electron chi connectivity index (χ2n) is 4.03. The van der Waals surface area contributed by atoms with Gasteiger partial charge in [-0.3, -0.25) is 0 Å². The highest BCUT2D eigenvalue weighted by atomic mass is 14.9. The Labute approximate surface area is 87.6 Å². The molecule has 1 heterocycles. The zero-order valence-electron chi connectivity index (χ0n) is 9.34. The first kappa shape index (κ1) is 11.1. The van der Waals surface area contributed by atoms with Gasteiger partial charge in [0.1, 0.15) is 0 Å². The molecule has 0 aromatic heterocycles. The van der Waals surface area contributed by atoms with Crippen LogP contribution in [-0.4, -0.2) is 6.54 Å². The maximum atomic E-state index is 3.90. The quantitative estimate of drug-likeness (QED) is 0.719. The minimum Gasteiger partial charge on any atom is -0.385 e. The molecule has 78 valence electrons. The van der Waals surface area contributed by atoms with E-state index in [2.05, 4.69) is 32.3 Å². The van der Waals surface area contributed by atoms with E-state index in [-0.39, 0.29) is 0 Å². The molecule has 1 nitrogen and oxygen atoms in total. The largest absolute Gasteiger partial charge is 0.385 e. The highest BCUT2D eigenvalue weighted by molar-refractivity contribution is 5.34. The van der Waals surface area contributed by atoms with Gasteiger partial charge >= 0.3 is 0 Å². The van der Waals surface area contributed by atoms with Gasteiger partial charge in [0, 0.05) is 12.2 Å².